The minimum absolute atomic E-state index is 0.0546. The first-order chi connectivity index (χ1) is 13.5. The number of carbonyl (C=O) groups is 2. The fraction of sp³-hybridized carbons (Fsp3) is 0.227. The van der Waals surface area contributed by atoms with Crippen LogP contribution in [-0.4, -0.2) is 39.8 Å². The lowest BCUT2D eigenvalue weighted by Crippen LogP contribution is -2.40. The van der Waals surface area contributed by atoms with Gasteiger partial charge in [0.25, 0.3) is 5.91 Å². The molecule has 28 heavy (non-hydrogen) atoms. The predicted molar refractivity (Wildman–Crippen MR) is 107 cm³/mol. The van der Waals surface area contributed by atoms with Gasteiger partial charge in [0, 0.05) is 36.2 Å². The molecule has 1 aliphatic rings. The molecule has 0 aliphatic carbocycles. The number of pyridine rings is 1. The number of ketones is 1. The second-order valence-electron chi connectivity index (χ2n) is 7.08. The van der Waals surface area contributed by atoms with E-state index >= 15 is 0 Å². The van der Waals surface area contributed by atoms with Crippen LogP contribution in [0.2, 0.25) is 0 Å². The van der Waals surface area contributed by atoms with Crippen LogP contribution in [0.5, 0.6) is 5.75 Å². The van der Waals surface area contributed by atoms with Crippen LogP contribution in [0.4, 0.5) is 5.69 Å². The van der Waals surface area contributed by atoms with Gasteiger partial charge in [0.05, 0.1) is 16.8 Å². The molecule has 0 spiro atoms. The van der Waals surface area contributed by atoms with Crippen molar-refractivity contribution in [1.82, 2.24) is 9.88 Å². The summed E-state index contributed by atoms with van der Waals surface area (Å²) in [4.78, 5) is 31.7. The van der Waals surface area contributed by atoms with Gasteiger partial charge in [-0.1, -0.05) is 18.2 Å². The fourth-order valence-electron chi connectivity index (χ4n) is 3.71. The molecule has 0 saturated carbocycles. The number of para-hydroxylation sites is 1. The summed E-state index contributed by atoms with van der Waals surface area (Å²) in [5, 5.41) is 10.1. The Hall–Kier alpha value is -3.41. The molecule has 0 radical (unpaired) electrons. The highest BCUT2D eigenvalue weighted by atomic mass is 16.3. The van der Waals surface area contributed by atoms with Gasteiger partial charge in [-0.05, 0) is 43.2 Å². The lowest BCUT2D eigenvalue weighted by atomic mass is 9.88. The summed E-state index contributed by atoms with van der Waals surface area (Å²) in [5.74, 6) is -0.0792. The molecule has 4 rings (SSSR count). The highest BCUT2D eigenvalue weighted by Gasteiger charge is 2.29. The summed E-state index contributed by atoms with van der Waals surface area (Å²) < 4.78 is 0. The zero-order chi connectivity index (χ0) is 19.7. The highest BCUT2D eigenvalue weighted by Crippen LogP contribution is 2.27. The SMILES string of the molecule is Nc1c(C(=O)N2CCC(C(=O)c3ccc(O)cc3)CC2)cnc2ccccc12. The maximum atomic E-state index is 12.9. The molecule has 2 heterocycles. The van der Waals surface area contributed by atoms with E-state index in [1.807, 2.05) is 24.3 Å². The number of aromatic hydroxyl groups is 1. The molecule has 3 N–H and O–H groups in total. The number of anilines is 1. The molecular weight excluding hydrogens is 354 g/mol. The minimum Gasteiger partial charge on any atom is -0.508 e. The van der Waals surface area contributed by atoms with Crippen molar-refractivity contribution in [2.75, 3.05) is 18.8 Å². The van der Waals surface area contributed by atoms with Crippen LogP contribution >= 0.6 is 0 Å². The molecule has 3 aromatic rings. The number of likely N-dealkylation sites (tertiary alicyclic amines) is 1. The van der Waals surface area contributed by atoms with Gasteiger partial charge in [-0.3, -0.25) is 14.6 Å². The van der Waals surface area contributed by atoms with Crippen LogP contribution in [0.1, 0.15) is 33.6 Å². The van der Waals surface area contributed by atoms with Gasteiger partial charge in [-0.25, -0.2) is 0 Å². The lowest BCUT2D eigenvalue weighted by molar-refractivity contribution is 0.0651. The number of hydrogen-bond acceptors (Lipinski definition) is 5. The standard InChI is InChI=1S/C22H21N3O3/c23-20-17-3-1-2-4-19(17)24-13-18(20)22(28)25-11-9-15(10-12-25)21(27)14-5-7-16(26)8-6-14/h1-8,13,15,26H,9-12H2,(H2,23,24). The first kappa shape index (κ1) is 18.0. The third-order valence-electron chi connectivity index (χ3n) is 5.35. The molecule has 142 valence electrons. The van der Waals surface area contributed by atoms with Crippen LogP contribution < -0.4 is 5.73 Å². The van der Waals surface area contributed by atoms with Crippen LogP contribution in [0.15, 0.2) is 54.7 Å². The first-order valence-corrected chi connectivity index (χ1v) is 9.30. The molecule has 1 saturated heterocycles. The van der Waals surface area contributed by atoms with E-state index < -0.39 is 0 Å². The zero-order valence-electron chi connectivity index (χ0n) is 15.3. The van der Waals surface area contributed by atoms with Gasteiger partial charge in [-0.2, -0.15) is 0 Å². The Morgan fingerprint density at radius 3 is 2.43 bits per heavy atom. The van der Waals surface area contributed by atoms with Crippen molar-refractivity contribution >= 4 is 28.3 Å². The maximum absolute atomic E-state index is 12.9. The van der Waals surface area contributed by atoms with Crippen LogP contribution in [-0.2, 0) is 0 Å². The van der Waals surface area contributed by atoms with E-state index in [1.165, 1.54) is 18.3 Å². The average molecular weight is 375 g/mol. The van der Waals surface area contributed by atoms with Crippen molar-refractivity contribution < 1.29 is 14.7 Å². The number of phenolic OH excluding ortho intramolecular Hbond substituents is 1. The monoisotopic (exact) mass is 375 g/mol. The Bertz CT molecular complexity index is 1040. The third-order valence-corrected chi connectivity index (χ3v) is 5.35. The number of aromatic nitrogens is 1. The zero-order valence-corrected chi connectivity index (χ0v) is 15.3. The molecule has 6 nitrogen and oxygen atoms in total. The van der Waals surface area contributed by atoms with Gasteiger partial charge in [-0.15, -0.1) is 0 Å². The first-order valence-electron chi connectivity index (χ1n) is 9.30. The van der Waals surface area contributed by atoms with Crippen molar-refractivity contribution in [3.8, 4) is 5.75 Å². The Kier molecular flexibility index (Phi) is 4.69. The number of piperidine rings is 1. The maximum Gasteiger partial charge on any atom is 0.257 e. The summed E-state index contributed by atoms with van der Waals surface area (Å²) in [7, 11) is 0. The smallest absolute Gasteiger partial charge is 0.257 e. The fourth-order valence-corrected chi connectivity index (χ4v) is 3.71. The van der Waals surface area contributed by atoms with Crippen LogP contribution in [0.25, 0.3) is 10.9 Å². The second kappa shape index (κ2) is 7.31. The van der Waals surface area contributed by atoms with E-state index in [1.54, 1.807) is 17.0 Å². The van der Waals surface area contributed by atoms with Gasteiger partial charge in [0.1, 0.15) is 5.75 Å². The number of phenols is 1. The van der Waals surface area contributed by atoms with E-state index in [0.29, 0.717) is 42.7 Å². The predicted octanol–water partition coefficient (Wildman–Crippen LogP) is 3.26. The van der Waals surface area contributed by atoms with E-state index in [9.17, 15) is 14.7 Å². The Morgan fingerprint density at radius 2 is 1.71 bits per heavy atom. The number of nitrogens with two attached hydrogens (primary N) is 1. The molecule has 1 aromatic heterocycles. The van der Waals surface area contributed by atoms with Crippen molar-refractivity contribution in [1.29, 1.82) is 0 Å². The normalized spacial score (nSPS) is 14.9. The number of nitrogens with zero attached hydrogens (tertiary/aromatic N) is 2. The van der Waals surface area contributed by atoms with Gasteiger partial charge in [0.2, 0.25) is 0 Å². The van der Waals surface area contributed by atoms with E-state index in [-0.39, 0.29) is 23.4 Å². The van der Waals surface area contributed by atoms with E-state index in [2.05, 4.69) is 4.98 Å². The highest BCUT2D eigenvalue weighted by molar-refractivity contribution is 6.06. The van der Waals surface area contributed by atoms with E-state index in [4.69, 9.17) is 5.73 Å². The van der Waals surface area contributed by atoms with Crippen LogP contribution in [0, 0.1) is 5.92 Å². The topological polar surface area (TPSA) is 96.5 Å². The quantitative estimate of drug-likeness (QED) is 0.685. The number of amides is 1. The van der Waals surface area contributed by atoms with Crippen LogP contribution in [0.3, 0.4) is 0 Å². The number of Topliss-reactive ketones (excluding diaryl/α,β-unsaturated/α-hetero) is 1. The van der Waals surface area contributed by atoms with E-state index in [0.717, 1.165) is 10.9 Å². The molecule has 0 atom stereocenters. The number of rotatable bonds is 3. The molecule has 1 aliphatic heterocycles. The Balaban J connectivity index is 1.46. The lowest BCUT2D eigenvalue weighted by Gasteiger charge is -2.31. The summed E-state index contributed by atoms with van der Waals surface area (Å²) in [6.07, 6.45) is 2.74. The molecule has 1 fully saturated rings. The molecule has 6 heteroatoms. The van der Waals surface area contributed by atoms with Gasteiger partial charge in [0.15, 0.2) is 5.78 Å². The molecule has 2 aromatic carbocycles. The van der Waals surface area contributed by atoms with Gasteiger partial charge >= 0.3 is 0 Å². The Labute approximate surface area is 162 Å². The summed E-state index contributed by atoms with van der Waals surface area (Å²) in [5.41, 5.74) is 8.42. The molecule has 1 amide bonds. The van der Waals surface area contributed by atoms with Crippen molar-refractivity contribution in [2.45, 2.75) is 12.8 Å². The average Bonchev–Trinajstić information content (AvgIpc) is 2.74. The third kappa shape index (κ3) is 3.29. The number of hydrogen-bond donors (Lipinski definition) is 2. The second-order valence-corrected chi connectivity index (χ2v) is 7.08. The number of nitrogen functional groups attached to an aromatic ring is 1. The largest absolute Gasteiger partial charge is 0.508 e. The van der Waals surface area contributed by atoms with Crippen molar-refractivity contribution in [3.63, 3.8) is 0 Å². The minimum atomic E-state index is -0.147. The molecule has 0 bridgehead atoms. The van der Waals surface area contributed by atoms with Crippen molar-refractivity contribution in [2.24, 2.45) is 5.92 Å². The van der Waals surface area contributed by atoms with Crippen molar-refractivity contribution in [3.05, 3.63) is 65.9 Å². The number of fused-ring (bicyclic) bond motifs is 1. The number of benzene rings is 2. The summed E-state index contributed by atoms with van der Waals surface area (Å²) in [6, 6.07) is 13.8. The summed E-state index contributed by atoms with van der Waals surface area (Å²) in [6.45, 7) is 0.999. The molecular formula is C22H21N3O3. The molecule has 0 unspecified atom stereocenters. The van der Waals surface area contributed by atoms with Gasteiger partial charge < -0.3 is 15.7 Å². The Morgan fingerprint density at radius 1 is 1.04 bits per heavy atom. The number of carbonyl (C=O) groups excluding carboxylic acids is 2. The summed E-state index contributed by atoms with van der Waals surface area (Å²) >= 11 is 0.